The van der Waals surface area contributed by atoms with E-state index in [1.807, 2.05) is 30.5 Å². The van der Waals surface area contributed by atoms with Crippen molar-refractivity contribution in [1.82, 2.24) is 15.0 Å². The number of H-pyrrole nitrogens is 1. The summed E-state index contributed by atoms with van der Waals surface area (Å²) in [6.45, 7) is 1.74. The monoisotopic (exact) mass is 375 g/mol. The lowest BCUT2D eigenvalue weighted by molar-refractivity contribution is 0.330. The lowest BCUT2D eigenvalue weighted by Gasteiger charge is -2.40. The molecule has 0 amide bonds. The van der Waals surface area contributed by atoms with Gasteiger partial charge in [-0.05, 0) is 43.0 Å². The van der Waals surface area contributed by atoms with Crippen LogP contribution in [0.5, 0.6) is 0 Å². The van der Waals surface area contributed by atoms with Crippen LogP contribution < -0.4 is 10.6 Å². The Labute approximate surface area is 156 Å². The summed E-state index contributed by atoms with van der Waals surface area (Å²) in [4.78, 5) is 14.2. The van der Waals surface area contributed by atoms with Gasteiger partial charge in [0.15, 0.2) is 0 Å². The summed E-state index contributed by atoms with van der Waals surface area (Å²) in [7, 11) is 0. The molecule has 3 aromatic rings. The van der Waals surface area contributed by atoms with Crippen molar-refractivity contribution in [3.05, 3.63) is 52.4 Å². The number of hydrogen-bond donors (Lipinski definition) is 2. The van der Waals surface area contributed by atoms with E-state index < -0.39 is 0 Å². The molecule has 0 saturated carbocycles. The molecule has 3 N–H and O–H groups in total. The molecule has 1 aromatic carbocycles. The highest BCUT2D eigenvalue weighted by atomic mass is 35.5. The fourth-order valence-electron chi connectivity index (χ4n) is 3.51. The van der Waals surface area contributed by atoms with Crippen LogP contribution in [0.25, 0.3) is 11.0 Å². The number of halogens is 2. The zero-order chi connectivity index (χ0) is 17.4. The van der Waals surface area contributed by atoms with Gasteiger partial charge < -0.3 is 15.6 Å². The Bertz CT molecular complexity index is 899. The van der Waals surface area contributed by atoms with E-state index in [0.717, 1.165) is 54.8 Å². The Kier molecular flexibility index (Phi) is 4.31. The summed E-state index contributed by atoms with van der Waals surface area (Å²) >= 11 is 12.1. The maximum atomic E-state index is 6.67. The summed E-state index contributed by atoms with van der Waals surface area (Å²) in [6.07, 6.45) is 6.08. The minimum Gasteiger partial charge on any atom is -0.356 e. The van der Waals surface area contributed by atoms with Crippen molar-refractivity contribution < 1.29 is 0 Å². The molecule has 5 nitrogen and oxygen atoms in total. The van der Waals surface area contributed by atoms with Crippen molar-refractivity contribution in [3.63, 3.8) is 0 Å². The van der Waals surface area contributed by atoms with Crippen molar-refractivity contribution in [1.29, 1.82) is 0 Å². The molecule has 0 aliphatic carbocycles. The zero-order valence-electron chi connectivity index (χ0n) is 13.7. The van der Waals surface area contributed by atoms with E-state index >= 15 is 0 Å². The van der Waals surface area contributed by atoms with E-state index in [1.54, 1.807) is 6.33 Å². The Morgan fingerprint density at radius 2 is 1.92 bits per heavy atom. The number of rotatable bonds is 3. The second-order valence-corrected chi connectivity index (χ2v) is 7.53. The molecule has 25 heavy (non-hydrogen) atoms. The number of aromatic nitrogens is 3. The lowest BCUT2D eigenvalue weighted by atomic mass is 9.83. The fourth-order valence-corrected chi connectivity index (χ4v) is 3.83. The Hall–Kier alpha value is -1.82. The number of aromatic amines is 1. The highest BCUT2D eigenvalue weighted by molar-refractivity contribution is 6.42. The molecule has 1 aliphatic heterocycles. The van der Waals surface area contributed by atoms with E-state index in [-0.39, 0.29) is 5.54 Å². The predicted octanol–water partition coefficient (Wildman–Crippen LogP) is 3.81. The summed E-state index contributed by atoms with van der Waals surface area (Å²) in [5.41, 5.74) is 8.42. The first-order valence-corrected chi connectivity index (χ1v) is 9.06. The van der Waals surface area contributed by atoms with Gasteiger partial charge >= 0.3 is 0 Å². The van der Waals surface area contributed by atoms with Gasteiger partial charge in [0, 0.05) is 24.8 Å². The third kappa shape index (κ3) is 3.32. The Balaban J connectivity index is 1.48. The van der Waals surface area contributed by atoms with Crippen LogP contribution in [0.15, 0.2) is 36.8 Å². The van der Waals surface area contributed by atoms with Gasteiger partial charge in [0.05, 0.1) is 15.4 Å². The number of anilines is 1. The number of benzene rings is 1. The second kappa shape index (κ2) is 6.48. The number of nitrogens with one attached hydrogen (secondary N) is 1. The van der Waals surface area contributed by atoms with Crippen LogP contribution in [0.1, 0.15) is 18.4 Å². The SMILES string of the molecule is NC1(Cc2ccc(Cl)c(Cl)c2)CCN(c2ncnc3[nH]ccc23)CC1. The average molecular weight is 376 g/mol. The molecule has 4 rings (SSSR count). The van der Waals surface area contributed by atoms with E-state index in [0.29, 0.717) is 10.0 Å². The largest absolute Gasteiger partial charge is 0.356 e. The molecular weight excluding hydrogens is 357 g/mol. The van der Waals surface area contributed by atoms with E-state index in [2.05, 4.69) is 19.9 Å². The third-order valence-corrected chi connectivity index (χ3v) is 5.67. The van der Waals surface area contributed by atoms with Gasteiger partial charge in [-0.3, -0.25) is 0 Å². The number of piperidine rings is 1. The molecule has 7 heteroatoms. The Morgan fingerprint density at radius 3 is 2.68 bits per heavy atom. The van der Waals surface area contributed by atoms with E-state index in [9.17, 15) is 0 Å². The van der Waals surface area contributed by atoms with Crippen molar-refractivity contribution >= 4 is 40.1 Å². The second-order valence-electron chi connectivity index (χ2n) is 6.71. The summed E-state index contributed by atoms with van der Waals surface area (Å²) in [6, 6.07) is 7.77. The van der Waals surface area contributed by atoms with E-state index in [4.69, 9.17) is 28.9 Å². The number of fused-ring (bicyclic) bond motifs is 1. The minimum absolute atomic E-state index is 0.238. The predicted molar refractivity (Wildman–Crippen MR) is 102 cm³/mol. The molecule has 1 saturated heterocycles. The highest BCUT2D eigenvalue weighted by Crippen LogP contribution is 2.31. The molecule has 1 aliphatic rings. The van der Waals surface area contributed by atoms with Gasteiger partial charge in [-0.25, -0.2) is 9.97 Å². The molecule has 0 unspecified atom stereocenters. The maximum Gasteiger partial charge on any atom is 0.142 e. The van der Waals surface area contributed by atoms with Gasteiger partial charge in [-0.15, -0.1) is 0 Å². The summed E-state index contributed by atoms with van der Waals surface area (Å²) < 4.78 is 0. The summed E-state index contributed by atoms with van der Waals surface area (Å²) in [5.74, 6) is 0.975. The van der Waals surface area contributed by atoms with E-state index in [1.165, 1.54) is 0 Å². The molecule has 0 bridgehead atoms. The normalized spacial score (nSPS) is 17.2. The van der Waals surface area contributed by atoms with Gasteiger partial charge in [0.25, 0.3) is 0 Å². The first-order chi connectivity index (χ1) is 12.0. The molecule has 2 aromatic heterocycles. The molecule has 0 atom stereocenters. The van der Waals surface area contributed by atoms with Crippen LogP contribution in [-0.2, 0) is 6.42 Å². The molecule has 0 spiro atoms. The smallest absolute Gasteiger partial charge is 0.142 e. The van der Waals surface area contributed by atoms with Crippen molar-refractivity contribution in [3.8, 4) is 0 Å². The quantitative estimate of drug-likeness (QED) is 0.729. The standard InChI is InChI=1S/C18H19Cl2N5/c19-14-2-1-12(9-15(14)20)10-18(21)4-7-25(8-5-18)17-13-3-6-22-16(13)23-11-24-17/h1-3,6,9,11H,4-5,7-8,10,21H2,(H,22,23,24). The molecule has 130 valence electrons. The van der Waals surface area contributed by atoms with Gasteiger partial charge in [0.1, 0.15) is 17.8 Å². The van der Waals surface area contributed by atoms with Crippen LogP contribution in [0.3, 0.4) is 0 Å². The molecule has 1 fully saturated rings. The molecular formula is C18H19Cl2N5. The van der Waals surface area contributed by atoms with Crippen LogP contribution in [-0.4, -0.2) is 33.6 Å². The number of hydrogen-bond acceptors (Lipinski definition) is 4. The number of nitrogens with two attached hydrogens (primary N) is 1. The summed E-state index contributed by atoms with van der Waals surface area (Å²) in [5, 5.41) is 2.21. The topological polar surface area (TPSA) is 70.8 Å². The van der Waals surface area contributed by atoms with Crippen LogP contribution in [0.2, 0.25) is 10.0 Å². The Morgan fingerprint density at radius 1 is 1.12 bits per heavy atom. The van der Waals surface area contributed by atoms with Crippen LogP contribution in [0.4, 0.5) is 5.82 Å². The van der Waals surface area contributed by atoms with Crippen molar-refractivity contribution in [2.45, 2.75) is 24.8 Å². The van der Waals surface area contributed by atoms with Gasteiger partial charge in [-0.2, -0.15) is 0 Å². The first kappa shape index (κ1) is 16.6. The highest BCUT2D eigenvalue weighted by Gasteiger charge is 2.32. The fraction of sp³-hybridized carbons (Fsp3) is 0.333. The maximum absolute atomic E-state index is 6.67. The zero-order valence-corrected chi connectivity index (χ0v) is 15.2. The van der Waals surface area contributed by atoms with Gasteiger partial charge in [0.2, 0.25) is 0 Å². The van der Waals surface area contributed by atoms with Gasteiger partial charge in [-0.1, -0.05) is 29.3 Å². The molecule has 3 heterocycles. The van der Waals surface area contributed by atoms with Crippen molar-refractivity contribution in [2.75, 3.05) is 18.0 Å². The van der Waals surface area contributed by atoms with Crippen molar-refractivity contribution in [2.24, 2.45) is 5.73 Å². The minimum atomic E-state index is -0.238. The third-order valence-electron chi connectivity index (χ3n) is 4.93. The average Bonchev–Trinajstić information content (AvgIpc) is 3.08. The van der Waals surface area contributed by atoms with Crippen LogP contribution >= 0.6 is 23.2 Å². The molecule has 0 radical (unpaired) electrons. The lowest BCUT2D eigenvalue weighted by Crippen LogP contribution is -2.52. The number of nitrogens with zero attached hydrogens (tertiary/aromatic N) is 3. The first-order valence-electron chi connectivity index (χ1n) is 8.30. The van der Waals surface area contributed by atoms with Crippen LogP contribution in [0, 0.1) is 0 Å².